The van der Waals surface area contributed by atoms with Crippen molar-refractivity contribution in [2.24, 2.45) is 0 Å². The Bertz CT molecular complexity index is 3670. The molecular weight excluding hydrogens is 605 g/mol. The highest BCUT2D eigenvalue weighted by Crippen LogP contribution is 2.38. The fourth-order valence-corrected chi connectivity index (χ4v) is 6.22. The van der Waals surface area contributed by atoms with Crippen molar-refractivity contribution in [1.29, 1.82) is 0 Å². The van der Waals surface area contributed by atoms with Gasteiger partial charge in [0.15, 0.2) is 0 Å². The van der Waals surface area contributed by atoms with E-state index in [0.29, 0.717) is 0 Å². The Labute approximate surface area is 318 Å². The van der Waals surface area contributed by atoms with Gasteiger partial charge in [-0.1, -0.05) is 133 Å². The Morgan fingerprint density at radius 1 is 0.300 bits per heavy atom. The molecule has 0 amide bonds. The molecule has 0 aliphatic carbocycles. The summed E-state index contributed by atoms with van der Waals surface area (Å²) < 4.78 is 181. The number of aromatic nitrogens is 2. The molecule has 0 fully saturated rings. The third kappa shape index (κ3) is 4.57. The van der Waals surface area contributed by atoms with E-state index in [1.807, 2.05) is 0 Å². The molecule has 0 radical (unpaired) electrons. The maximum absolute atomic E-state index is 9.78. The lowest BCUT2D eigenvalue weighted by atomic mass is 10.0. The van der Waals surface area contributed by atoms with Crippen LogP contribution in [0.25, 0.3) is 88.4 Å². The van der Waals surface area contributed by atoms with Gasteiger partial charge in [0.05, 0.1) is 49.5 Å². The monoisotopic (exact) mass is 656 g/mol. The maximum atomic E-state index is 9.78. The molecule has 8 aromatic carbocycles. The summed E-state index contributed by atoms with van der Waals surface area (Å²) in [6.07, 6.45) is 0. The molecule has 2 nitrogen and oxygen atoms in total. The minimum absolute atomic E-state index is 0.0624. The molecule has 50 heavy (non-hydrogen) atoms. The van der Waals surface area contributed by atoms with Gasteiger partial charge < -0.3 is 9.13 Å². The highest BCUT2D eigenvalue weighted by Gasteiger charge is 2.16. The zero-order valence-corrected chi connectivity index (χ0v) is 25.8. The number of hydrogen-bond acceptors (Lipinski definition) is 0. The zero-order valence-electron chi connectivity index (χ0n) is 45.8. The van der Waals surface area contributed by atoms with E-state index in [2.05, 4.69) is 0 Å². The molecule has 10 aromatic rings. The van der Waals surface area contributed by atoms with Crippen molar-refractivity contribution in [3.8, 4) is 44.8 Å². The van der Waals surface area contributed by atoms with E-state index in [-0.39, 0.29) is 173 Å². The van der Waals surface area contributed by atoms with Gasteiger partial charge in [0, 0.05) is 32.9 Å². The molecule has 0 N–H and O–H groups in total. The quantitative estimate of drug-likeness (QED) is 0.174. The van der Waals surface area contributed by atoms with Gasteiger partial charge in [-0.15, -0.1) is 0 Å². The van der Waals surface area contributed by atoms with Crippen LogP contribution < -0.4 is 0 Å². The zero-order chi connectivity index (χ0) is 50.4. The molecule has 0 aliphatic rings. The van der Waals surface area contributed by atoms with Crippen molar-refractivity contribution in [1.82, 2.24) is 9.13 Å². The molecule has 234 valence electrons. The van der Waals surface area contributed by atoms with E-state index in [4.69, 9.17) is 16.4 Å². The Kier molecular flexibility index (Phi) is 3.42. The SMILES string of the molecule is [2H]c1cc([2H])c(-c2cc([2H])c(-n3c4c([2H])cc([2H])c([2H])c4c4c([2H])c(-c5cc([2H])c6c(c5[2H])c5c([2H])c([2H])cc([2H])c5n6-c5c([2H])cc(-c6c([2H])cc([2H])cc6[2H])cc5[2H])cc([2H])c43)c([2H])c2)c([2H])c1. The molecule has 2 heteroatoms. The van der Waals surface area contributed by atoms with Crippen molar-refractivity contribution in [2.75, 3.05) is 0 Å². The van der Waals surface area contributed by atoms with Crippen LogP contribution in [0.5, 0.6) is 0 Å². The molecule has 0 bridgehead atoms. The summed E-state index contributed by atoms with van der Waals surface area (Å²) in [6.45, 7) is 0. The lowest BCUT2D eigenvalue weighted by Gasteiger charge is -2.11. The maximum Gasteiger partial charge on any atom is 0.0645 e. The summed E-state index contributed by atoms with van der Waals surface area (Å²) in [5.74, 6) is 0. The van der Waals surface area contributed by atoms with Crippen LogP contribution in [0.3, 0.4) is 0 Å². The van der Waals surface area contributed by atoms with Gasteiger partial charge >= 0.3 is 0 Å². The molecule has 2 aromatic heterocycles. The minimum atomic E-state index is -0.451. The number of rotatable bonds is 5. The second-order valence-electron chi connectivity index (χ2n) is 11.3. The van der Waals surface area contributed by atoms with Crippen molar-refractivity contribution in [3.05, 3.63) is 194 Å². The lowest BCUT2D eigenvalue weighted by Crippen LogP contribution is -1.94. The van der Waals surface area contributed by atoms with Crippen LogP contribution >= 0.6 is 0 Å². The normalized spacial score (nSPS) is 17.2. The first-order valence-corrected chi connectivity index (χ1v) is 15.5. The van der Waals surface area contributed by atoms with E-state index >= 15 is 0 Å². The van der Waals surface area contributed by atoms with Gasteiger partial charge in [-0.05, 0) is 93.8 Å². The summed E-state index contributed by atoms with van der Waals surface area (Å²) in [5, 5.41) is -0.603. The number of fused-ring (bicyclic) bond motifs is 6. The number of hydrogen-bond donors (Lipinski definition) is 0. The van der Waals surface area contributed by atoms with Crippen molar-refractivity contribution >= 4 is 43.6 Å². The molecule has 0 saturated carbocycles. The molecular formula is C48H32N2. The number of para-hydroxylation sites is 2. The summed E-state index contributed by atoms with van der Waals surface area (Å²) in [5.41, 5.74) is -0.714. The van der Waals surface area contributed by atoms with Gasteiger partial charge in [0.1, 0.15) is 0 Å². The first-order valence-electron chi connectivity index (χ1n) is 25.5. The van der Waals surface area contributed by atoms with Crippen molar-refractivity contribution < 1.29 is 27.4 Å². The number of benzene rings is 8. The van der Waals surface area contributed by atoms with Gasteiger partial charge in [0.25, 0.3) is 0 Å². The van der Waals surface area contributed by atoms with Crippen LogP contribution in [0, 0.1) is 0 Å². The van der Waals surface area contributed by atoms with Crippen LogP contribution in [0.1, 0.15) is 27.4 Å². The average molecular weight is 657 g/mol. The molecule has 0 aliphatic heterocycles. The van der Waals surface area contributed by atoms with Crippen molar-refractivity contribution in [3.63, 3.8) is 0 Å². The third-order valence-electron chi connectivity index (χ3n) is 8.50. The third-order valence-corrected chi connectivity index (χ3v) is 8.50. The predicted molar refractivity (Wildman–Crippen MR) is 211 cm³/mol. The van der Waals surface area contributed by atoms with E-state index in [9.17, 15) is 11.0 Å². The summed E-state index contributed by atoms with van der Waals surface area (Å²) in [6, 6.07) is 8.39. The summed E-state index contributed by atoms with van der Waals surface area (Å²) in [7, 11) is 0. The molecule has 0 spiro atoms. The lowest BCUT2D eigenvalue weighted by molar-refractivity contribution is 1.18. The van der Waals surface area contributed by atoms with Gasteiger partial charge in [-0.2, -0.15) is 0 Å². The Balaban J connectivity index is 1.26. The fourth-order valence-electron chi connectivity index (χ4n) is 6.22. The van der Waals surface area contributed by atoms with Crippen LogP contribution in [-0.4, -0.2) is 9.13 Å². The molecule has 10 rings (SSSR count). The highest BCUT2D eigenvalue weighted by molar-refractivity contribution is 6.12. The first kappa shape index (κ1) is 14.9. The second-order valence-corrected chi connectivity index (χ2v) is 11.3. The predicted octanol–water partition coefficient (Wildman–Crippen LogP) is 12.9. The van der Waals surface area contributed by atoms with E-state index in [1.165, 1.54) is 69.8 Å². The highest BCUT2D eigenvalue weighted by atomic mass is 15.0. The average Bonchev–Trinajstić information content (AvgIpc) is 3.80. The first-order chi connectivity index (χ1) is 33.0. The van der Waals surface area contributed by atoms with Crippen LogP contribution in [0.2, 0.25) is 0 Å². The van der Waals surface area contributed by atoms with E-state index < -0.39 is 36.3 Å². The van der Waals surface area contributed by atoms with Gasteiger partial charge in [-0.3, -0.25) is 0 Å². The standard InChI is InChI=1S/C48H32N2/c1-3-11-33(12-4-1)35-19-25-39(26-20-35)49-45-17-9-7-15-41(45)43-31-37(23-29-47(43)49)38-24-30-48-44(32-38)42-16-8-10-18-46(42)50(48)40-27-21-36(22-28-40)34-13-5-2-6-14-34/h1-32H/i1D,2D,7D,8D,11D,12D,13D,14D,15D,16D,17D,18D,25D,26D,27D,28D,29D,30D,31D,32D. The van der Waals surface area contributed by atoms with Gasteiger partial charge in [0.2, 0.25) is 0 Å². The van der Waals surface area contributed by atoms with E-state index in [0.717, 1.165) is 12.1 Å². The number of nitrogens with zero attached hydrogens (tertiary/aromatic N) is 2. The molecule has 2 heterocycles. The van der Waals surface area contributed by atoms with E-state index in [1.54, 1.807) is 0 Å². The Morgan fingerprint density at radius 2 is 0.660 bits per heavy atom. The van der Waals surface area contributed by atoms with Crippen molar-refractivity contribution in [2.45, 2.75) is 0 Å². The molecule has 0 unspecified atom stereocenters. The largest absolute Gasteiger partial charge is 0.309 e. The topological polar surface area (TPSA) is 9.86 Å². The van der Waals surface area contributed by atoms with Crippen LogP contribution in [0.4, 0.5) is 0 Å². The summed E-state index contributed by atoms with van der Waals surface area (Å²) in [4.78, 5) is 0. The second kappa shape index (κ2) is 11.5. The van der Waals surface area contributed by atoms with Gasteiger partial charge in [-0.25, -0.2) is 0 Å². The molecule has 0 saturated heterocycles. The summed E-state index contributed by atoms with van der Waals surface area (Å²) >= 11 is 0. The van der Waals surface area contributed by atoms with Crippen LogP contribution in [-0.2, 0) is 0 Å². The fraction of sp³-hybridized carbons (Fsp3) is 0. The Hall–Kier alpha value is -6.64. The smallest absolute Gasteiger partial charge is 0.0645 e. The van der Waals surface area contributed by atoms with Crippen LogP contribution in [0.15, 0.2) is 194 Å². The minimum Gasteiger partial charge on any atom is -0.309 e. The Morgan fingerprint density at radius 3 is 1.08 bits per heavy atom. The molecule has 0 atom stereocenters.